The van der Waals surface area contributed by atoms with Gasteiger partial charge in [0, 0.05) is 42.6 Å². The maximum Gasteiger partial charge on any atom is 0.253 e. The molecule has 0 saturated carbocycles. The van der Waals surface area contributed by atoms with Crippen LogP contribution in [0.25, 0.3) is 0 Å². The van der Waals surface area contributed by atoms with Gasteiger partial charge in [0.2, 0.25) is 10.0 Å². The Hall–Kier alpha value is -2.93. The lowest BCUT2D eigenvalue weighted by atomic mass is 10.0. The molecule has 0 aliphatic carbocycles. The molecule has 0 unspecified atom stereocenters. The summed E-state index contributed by atoms with van der Waals surface area (Å²) in [7, 11) is -2.38. The van der Waals surface area contributed by atoms with Crippen molar-refractivity contribution in [1.82, 2.24) is 9.21 Å². The third kappa shape index (κ3) is 6.25. The van der Waals surface area contributed by atoms with Gasteiger partial charge in [-0.25, -0.2) is 12.8 Å². The number of fused-ring (bicyclic) bond motifs is 1. The van der Waals surface area contributed by atoms with Crippen molar-refractivity contribution in [2.75, 3.05) is 26.7 Å². The summed E-state index contributed by atoms with van der Waals surface area (Å²) >= 11 is 0. The van der Waals surface area contributed by atoms with Crippen molar-refractivity contribution in [2.24, 2.45) is 11.8 Å². The van der Waals surface area contributed by atoms with E-state index in [2.05, 4.69) is 11.8 Å². The van der Waals surface area contributed by atoms with E-state index in [-0.39, 0.29) is 53.6 Å². The van der Waals surface area contributed by atoms with Crippen molar-refractivity contribution in [1.29, 1.82) is 0 Å². The van der Waals surface area contributed by atoms with Gasteiger partial charge in [-0.2, -0.15) is 4.31 Å². The van der Waals surface area contributed by atoms with Gasteiger partial charge in [-0.3, -0.25) is 4.79 Å². The van der Waals surface area contributed by atoms with E-state index in [4.69, 9.17) is 4.74 Å². The zero-order valence-corrected chi connectivity index (χ0v) is 22.0. The number of hydrogen-bond donors (Lipinski definition) is 1. The number of hydrogen-bond acceptors (Lipinski definition) is 5. The number of carbonyl (C=O) groups is 1. The van der Waals surface area contributed by atoms with Crippen LogP contribution < -0.4 is 4.74 Å². The van der Waals surface area contributed by atoms with Crippen LogP contribution in [0, 0.1) is 29.5 Å². The molecule has 1 amide bonds. The van der Waals surface area contributed by atoms with Crippen LogP contribution in [-0.2, 0) is 10.0 Å². The minimum Gasteiger partial charge on any atom is -0.487 e. The fourth-order valence-electron chi connectivity index (χ4n) is 3.94. The fraction of sp³-hybridized carbons (Fsp3) is 0.444. The normalized spacial score (nSPS) is 20.2. The van der Waals surface area contributed by atoms with Gasteiger partial charge < -0.3 is 14.7 Å². The number of aliphatic hydroxyl groups is 1. The number of amides is 1. The second-order valence-electron chi connectivity index (χ2n) is 9.52. The number of rotatable bonds is 5. The highest BCUT2D eigenvalue weighted by Crippen LogP contribution is 2.34. The molecule has 2 aromatic rings. The predicted octanol–water partition coefficient (Wildman–Crippen LogP) is 3.37. The van der Waals surface area contributed by atoms with Gasteiger partial charge in [0.25, 0.3) is 5.91 Å². The molecule has 0 bridgehead atoms. The molecule has 3 atom stereocenters. The molecule has 0 spiro atoms. The standard InChI is InChI=1S/C27H33FN2O5S/c1-18(2)9-10-21-11-12-26-24(13-21)35-25(19(3)15-30(20(4)17-31)36(26,33)34)16-29(5)27(32)22-7-6-8-23(28)14-22/h6-8,11-14,18-20,25,31H,15-17H2,1-5H3/t19-,20+,25+/m0/s1. The summed E-state index contributed by atoms with van der Waals surface area (Å²) in [5, 5.41) is 9.78. The molecule has 9 heteroatoms. The molecule has 1 aliphatic heterocycles. The van der Waals surface area contributed by atoms with Crippen LogP contribution in [0.5, 0.6) is 5.75 Å². The molecule has 0 radical (unpaired) electrons. The minimum absolute atomic E-state index is 0.0195. The topological polar surface area (TPSA) is 87.2 Å². The highest BCUT2D eigenvalue weighted by molar-refractivity contribution is 7.89. The third-order valence-corrected chi connectivity index (χ3v) is 8.06. The summed E-state index contributed by atoms with van der Waals surface area (Å²) in [4.78, 5) is 14.4. The molecule has 1 N–H and O–H groups in total. The monoisotopic (exact) mass is 516 g/mol. The SMILES string of the molecule is CC(C)C#Cc1ccc2c(c1)O[C@H](CN(C)C(=O)c1cccc(F)c1)[C@@H](C)CN([C@H](C)CO)S2(=O)=O. The van der Waals surface area contributed by atoms with Crippen molar-refractivity contribution in [2.45, 2.75) is 44.7 Å². The molecular formula is C27H33FN2O5S. The summed E-state index contributed by atoms with van der Waals surface area (Å²) in [5.41, 5.74) is 0.816. The van der Waals surface area contributed by atoms with Crippen LogP contribution in [0.15, 0.2) is 47.4 Å². The Bertz CT molecular complexity index is 1270. The molecule has 0 aromatic heterocycles. The molecule has 0 fully saturated rings. The number of nitrogens with zero attached hydrogens (tertiary/aromatic N) is 2. The van der Waals surface area contributed by atoms with E-state index in [9.17, 15) is 22.7 Å². The van der Waals surface area contributed by atoms with Crippen molar-refractivity contribution < 1.29 is 27.4 Å². The highest BCUT2D eigenvalue weighted by Gasteiger charge is 2.38. The maximum absolute atomic E-state index is 13.7. The molecule has 36 heavy (non-hydrogen) atoms. The minimum atomic E-state index is -3.97. The van der Waals surface area contributed by atoms with Crippen LogP contribution in [-0.4, -0.2) is 67.5 Å². The Morgan fingerprint density at radius 1 is 1.25 bits per heavy atom. The van der Waals surface area contributed by atoms with Gasteiger partial charge in [0.05, 0.1) is 13.2 Å². The first-order valence-corrected chi connectivity index (χ1v) is 13.3. The molecule has 7 nitrogen and oxygen atoms in total. The van der Waals surface area contributed by atoms with Crippen molar-refractivity contribution >= 4 is 15.9 Å². The first kappa shape index (κ1) is 27.7. The first-order valence-electron chi connectivity index (χ1n) is 11.9. The van der Waals surface area contributed by atoms with Crippen molar-refractivity contribution in [3.05, 3.63) is 59.4 Å². The van der Waals surface area contributed by atoms with Gasteiger partial charge in [0.1, 0.15) is 22.6 Å². The van der Waals surface area contributed by atoms with Gasteiger partial charge in [-0.05, 0) is 43.3 Å². The Balaban J connectivity index is 2.02. The van der Waals surface area contributed by atoms with Crippen LogP contribution >= 0.6 is 0 Å². The van der Waals surface area contributed by atoms with E-state index in [1.807, 2.05) is 20.8 Å². The zero-order chi connectivity index (χ0) is 26.6. The number of halogens is 1. The van der Waals surface area contributed by atoms with E-state index in [0.29, 0.717) is 5.56 Å². The van der Waals surface area contributed by atoms with E-state index < -0.39 is 28.0 Å². The zero-order valence-electron chi connectivity index (χ0n) is 21.2. The average molecular weight is 517 g/mol. The molecule has 3 rings (SSSR count). The summed E-state index contributed by atoms with van der Waals surface area (Å²) < 4.78 is 48.3. The van der Waals surface area contributed by atoms with Crippen molar-refractivity contribution in [3.63, 3.8) is 0 Å². The number of ether oxygens (including phenoxy) is 1. The highest BCUT2D eigenvalue weighted by atomic mass is 32.2. The number of sulfonamides is 1. The van der Waals surface area contributed by atoms with E-state index >= 15 is 0 Å². The third-order valence-electron chi connectivity index (χ3n) is 6.04. The van der Waals surface area contributed by atoms with E-state index in [1.54, 1.807) is 26.1 Å². The lowest BCUT2D eigenvalue weighted by molar-refractivity contribution is 0.0563. The summed E-state index contributed by atoms with van der Waals surface area (Å²) in [6.45, 7) is 7.28. The van der Waals surface area contributed by atoms with Gasteiger partial charge in [-0.1, -0.05) is 38.7 Å². The second-order valence-corrected chi connectivity index (χ2v) is 11.4. The Kier molecular flexibility index (Phi) is 8.77. The first-order chi connectivity index (χ1) is 16.9. The van der Waals surface area contributed by atoms with Crippen molar-refractivity contribution in [3.8, 4) is 17.6 Å². The summed E-state index contributed by atoms with van der Waals surface area (Å²) in [6, 6.07) is 9.51. The Labute approximate surface area is 212 Å². The predicted molar refractivity (Wildman–Crippen MR) is 136 cm³/mol. The molecular weight excluding hydrogens is 483 g/mol. The number of carbonyl (C=O) groups excluding carboxylic acids is 1. The van der Waals surface area contributed by atoms with E-state index in [1.165, 1.54) is 39.5 Å². The molecule has 1 heterocycles. The lowest BCUT2D eigenvalue weighted by Gasteiger charge is -2.37. The second kappa shape index (κ2) is 11.4. The lowest BCUT2D eigenvalue weighted by Crippen LogP contribution is -2.50. The number of benzene rings is 2. The Morgan fingerprint density at radius 2 is 1.97 bits per heavy atom. The molecule has 0 saturated heterocycles. The smallest absolute Gasteiger partial charge is 0.253 e. The van der Waals surface area contributed by atoms with Crippen LogP contribution in [0.2, 0.25) is 0 Å². The van der Waals surface area contributed by atoms with Gasteiger partial charge in [-0.15, -0.1) is 0 Å². The van der Waals surface area contributed by atoms with Crippen LogP contribution in [0.3, 0.4) is 0 Å². The quantitative estimate of drug-likeness (QED) is 0.616. The summed E-state index contributed by atoms with van der Waals surface area (Å²) in [6.07, 6.45) is -0.580. The number of aliphatic hydroxyl groups excluding tert-OH is 1. The molecule has 1 aliphatic rings. The number of likely N-dealkylation sites (N-methyl/N-ethyl adjacent to an activating group) is 1. The molecule has 2 aromatic carbocycles. The summed E-state index contributed by atoms with van der Waals surface area (Å²) in [5.74, 6) is 5.15. The maximum atomic E-state index is 13.7. The fourth-order valence-corrected chi connectivity index (χ4v) is 5.77. The van der Waals surface area contributed by atoms with E-state index in [0.717, 1.165) is 0 Å². The Morgan fingerprint density at radius 3 is 2.61 bits per heavy atom. The van der Waals surface area contributed by atoms with Gasteiger partial charge >= 0.3 is 0 Å². The van der Waals surface area contributed by atoms with Crippen LogP contribution in [0.4, 0.5) is 4.39 Å². The average Bonchev–Trinajstić information content (AvgIpc) is 2.83. The largest absolute Gasteiger partial charge is 0.487 e. The van der Waals surface area contributed by atoms with Gasteiger partial charge in [0.15, 0.2) is 0 Å². The molecule has 194 valence electrons. The van der Waals surface area contributed by atoms with Crippen LogP contribution in [0.1, 0.15) is 43.6 Å².